The first-order valence-electron chi connectivity index (χ1n) is 12.2. The second-order valence-electron chi connectivity index (χ2n) is 9.39. The van der Waals surface area contributed by atoms with Gasteiger partial charge in [0.25, 0.3) is 0 Å². The lowest BCUT2D eigenvalue weighted by atomic mass is 9.64. The summed E-state index contributed by atoms with van der Waals surface area (Å²) in [5.41, 5.74) is 6.32. The molecule has 1 spiro atoms. The summed E-state index contributed by atoms with van der Waals surface area (Å²) in [6.07, 6.45) is -3.27. The second kappa shape index (κ2) is 9.50. The third-order valence-electron chi connectivity index (χ3n) is 7.14. The Bertz CT molecular complexity index is 1690. The first-order chi connectivity index (χ1) is 19.2. The van der Waals surface area contributed by atoms with Gasteiger partial charge in [-0.1, -0.05) is 59.5 Å². The SMILES string of the molecule is N#CC1=C(N)N(c2nnc(SCc3cccc(C(F)(F)F)c3)s2)C2=C(C(=O)CCC2)[C@@]12C(=O)Nc1ccccc12. The molecule has 3 heterocycles. The van der Waals surface area contributed by atoms with Crippen LogP contribution in [-0.2, 0) is 26.9 Å². The van der Waals surface area contributed by atoms with E-state index in [1.54, 1.807) is 30.3 Å². The number of alkyl halides is 3. The molecule has 0 radical (unpaired) electrons. The van der Waals surface area contributed by atoms with Crippen molar-refractivity contribution >= 4 is 45.6 Å². The molecule has 0 saturated carbocycles. The highest BCUT2D eigenvalue weighted by atomic mass is 32.2. The van der Waals surface area contributed by atoms with Crippen LogP contribution in [-0.4, -0.2) is 21.9 Å². The van der Waals surface area contributed by atoms with Gasteiger partial charge in [-0.25, -0.2) is 0 Å². The number of carbonyl (C=O) groups excluding carboxylic acids is 2. The number of fused-ring (bicyclic) bond motifs is 3. The number of Topliss-reactive ketones (excluding diaryl/α,β-unsaturated/α-hetero) is 1. The zero-order valence-electron chi connectivity index (χ0n) is 20.6. The van der Waals surface area contributed by atoms with Crippen molar-refractivity contribution in [3.05, 3.63) is 87.9 Å². The van der Waals surface area contributed by atoms with Crippen LogP contribution in [0.3, 0.4) is 0 Å². The van der Waals surface area contributed by atoms with Gasteiger partial charge in [-0.2, -0.15) is 18.4 Å². The molecule has 202 valence electrons. The summed E-state index contributed by atoms with van der Waals surface area (Å²) < 4.78 is 39.7. The van der Waals surface area contributed by atoms with Crippen molar-refractivity contribution in [2.75, 3.05) is 10.2 Å². The fraction of sp³-hybridized carbons (Fsp3) is 0.222. The number of benzene rings is 2. The molecule has 1 aromatic heterocycles. The van der Waals surface area contributed by atoms with E-state index in [9.17, 15) is 28.0 Å². The summed E-state index contributed by atoms with van der Waals surface area (Å²) in [5.74, 6) is -0.555. The maximum atomic E-state index is 13.6. The Morgan fingerprint density at radius 1 is 1.15 bits per heavy atom. The summed E-state index contributed by atoms with van der Waals surface area (Å²) in [7, 11) is 0. The topological polar surface area (TPSA) is 125 Å². The molecule has 13 heteroatoms. The number of hydrogen-bond acceptors (Lipinski definition) is 9. The molecule has 0 fully saturated rings. The number of allylic oxidation sites excluding steroid dienone is 1. The van der Waals surface area contributed by atoms with E-state index >= 15 is 0 Å². The van der Waals surface area contributed by atoms with E-state index in [4.69, 9.17) is 5.73 Å². The smallest absolute Gasteiger partial charge is 0.384 e. The van der Waals surface area contributed by atoms with Crippen LogP contribution >= 0.6 is 23.1 Å². The van der Waals surface area contributed by atoms with E-state index in [0.717, 1.165) is 23.5 Å². The van der Waals surface area contributed by atoms with Crippen LogP contribution in [0, 0.1) is 11.3 Å². The average molecular weight is 581 g/mol. The van der Waals surface area contributed by atoms with E-state index in [1.807, 2.05) is 0 Å². The van der Waals surface area contributed by atoms with Crippen LogP contribution < -0.4 is 16.0 Å². The first kappa shape index (κ1) is 26.1. The Hall–Kier alpha value is -4.15. The monoisotopic (exact) mass is 580 g/mol. The normalized spacial score (nSPS) is 20.5. The minimum absolute atomic E-state index is 0.0200. The molecule has 1 aliphatic carbocycles. The summed E-state index contributed by atoms with van der Waals surface area (Å²) >= 11 is 2.34. The quantitative estimate of drug-likeness (QED) is 0.401. The van der Waals surface area contributed by atoms with E-state index in [2.05, 4.69) is 21.6 Å². The van der Waals surface area contributed by atoms with Crippen molar-refractivity contribution in [2.45, 2.75) is 40.9 Å². The number of nitrogens with zero attached hydrogens (tertiary/aromatic N) is 4. The molecule has 8 nitrogen and oxygen atoms in total. The molecule has 1 atom stereocenters. The summed E-state index contributed by atoms with van der Waals surface area (Å²) in [6, 6.07) is 14.1. The molecular weight excluding hydrogens is 561 g/mol. The number of rotatable bonds is 4. The van der Waals surface area contributed by atoms with Crippen LogP contribution in [0.5, 0.6) is 0 Å². The van der Waals surface area contributed by atoms with Gasteiger partial charge in [0.2, 0.25) is 11.0 Å². The van der Waals surface area contributed by atoms with E-state index in [0.29, 0.717) is 44.8 Å². The predicted molar refractivity (Wildman–Crippen MR) is 143 cm³/mol. The van der Waals surface area contributed by atoms with Gasteiger partial charge in [0.05, 0.1) is 11.1 Å². The van der Waals surface area contributed by atoms with Gasteiger partial charge in [0.1, 0.15) is 17.3 Å². The number of para-hydroxylation sites is 1. The molecule has 6 rings (SSSR count). The maximum absolute atomic E-state index is 13.6. The molecule has 0 saturated heterocycles. The molecule has 0 unspecified atom stereocenters. The number of amides is 1. The molecule has 3 aromatic rings. The lowest BCUT2D eigenvalue weighted by molar-refractivity contribution is -0.137. The van der Waals surface area contributed by atoms with Crippen molar-refractivity contribution in [3.63, 3.8) is 0 Å². The number of carbonyl (C=O) groups is 2. The standard InChI is InChI=1S/C27H19F3N6O2S2/c28-27(29,30)15-6-3-5-14(11-15)13-39-25-35-34-24(40-25)36-19-9-4-10-20(37)21(19)26(17(12-31)22(36)32)16-7-1-2-8-18(16)33-23(26)38/h1-3,5-8,11H,4,9-10,13,32H2,(H,33,38)/t26-/m0/s1. The molecule has 40 heavy (non-hydrogen) atoms. The number of thioether (sulfide) groups is 1. The van der Waals surface area contributed by atoms with Gasteiger partial charge in [-0.05, 0) is 30.5 Å². The molecule has 0 bridgehead atoms. The highest BCUT2D eigenvalue weighted by molar-refractivity contribution is 8.00. The fourth-order valence-electron chi connectivity index (χ4n) is 5.50. The molecule has 3 N–H and O–H groups in total. The Morgan fingerprint density at radius 3 is 2.73 bits per heavy atom. The number of halogens is 3. The van der Waals surface area contributed by atoms with Crippen LogP contribution in [0.25, 0.3) is 0 Å². The molecule has 3 aliphatic rings. The first-order valence-corrected chi connectivity index (χ1v) is 14.0. The van der Waals surface area contributed by atoms with E-state index in [-0.39, 0.29) is 34.9 Å². The van der Waals surface area contributed by atoms with Gasteiger partial charge >= 0.3 is 6.18 Å². The third-order valence-corrected chi connectivity index (χ3v) is 9.25. The van der Waals surface area contributed by atoms with Crippen LogP contribution in [0.4, 0.5) is 24.0 Å². The van der Waals surface area contributed by atoms with Crippen molar-refractivity contribution in [1.82, 2.24) is 10.2 Å². The maximum Gasteiger partial charge on any atom is 0.416 e. The van der Waals surface area contributed by atoms with Crippen molar-refractivity contribution < 1.29 is 22.8 Å². The van der Waals surface area contributed by atoms with Gasteiger partial charge in [-0.3, -0.25) is 14.5 Å². The zero-order valence-corrected chi connectivity index (χ0v) is 22.2. The lowest BCUT2D eigenvalue weighted by Gasteiger charge is -2.42. The van der Waals surface area contributed by atoms with Crippen molar-refractivity contribution in [2.24, 2.45) is 5.73 Å². The number of aromatic nitrogens is 2. The highest BCUT2D eigenvalue weighted by Crippen LogP contribution is 2.55. The van der Waals surface area contributed by atoms with Gasteiger partial charge < -0.3 is 11.1 Å². The summed E-state index contributed by atoms with van der Waals surface area (Å²) in [5, 5.41) is 21.9. The van der Waals surface area contributed by atoms with Crippen molar-refractivity contribution in [1.29, 1.82) is 5.26 Å². The molecular formula is C27H19F3N6O2S2. The van der Waals surface area contributed by atoms with Gasteiger partial charge in [0, 0.05) is 34.7 Å². The van der Waals surface area contributed by atoms with Gasteiger partial charge in [-0.15, -0.1) is 10.2 Å². The largest absolute Gasteiger partial charge is 0.416 e. The second-order valence-corrected chi connectivity index (χ2v) is 11.6. The van der Waals surface area contributed by atoms with Crippen molar-refractivity contribution in [3.8, 4) is 6.07 Å². The Balaban J connectivity index is 1.40. The summed E-state index contributed by atoms with van der Waals surface area (Å²) in [6.45, 7) is 0. The number of nitrogens with one attached hydrogen (secondary N) is 1. The van der Waals surface area contributed by atoms with E-state index in [1.165, 1.54) is 22.7 Å². The number of nitriles is 1. The van der Waals surface area contributed by atoms with Crippen LogP contribution in [0.2, 0.25) is 0 Å². The lowest BCUT2D eigenvalue weighted by Crippen LogP contribution is -2.50. The third kappa shape index (κ3) is 3.89. The number of nitrogens with two attached hydrogens (primary N) is 1. The highest BCUT2D eigenvalue weighted by Gasteiger charge is 2.60. The average Bonchev–Trinajstić information content (AvgIpc) is 3.50. The number of anilines is 2. The number of hydrogen-bond donors (Lipinski definition) is 2. The molecule has 1 amide bonds. The summed E-state index contributed by atoms with van der Waals surface area (Å²) in [4.78, 5) is 28.6. The Morgan fingerprint density at radius 2 is 1.95 bits per heavy atom. The Kier molecular flexibility index (Phi) is 6.19. The molecule has 2 aliphatic heterocycles. The minimum Gasteiger partial charge on any atom is -0.384 e. The van der Waals surface area contributed by atoms with Crippen LogP contribution in [0.1, 0.15) is 36.0 Å². The van der Waals surface area contributed by atoms with Crippen LogP contribution in [0.15, 0.2) is 75.5 Å². The Labute approximate surface area is 234 Å². The van der Waals surface area contributed by atoms with Gasteiger partial charge in [0.15, 0.2) is 10.1 Å². The van der Waals surface area contributed by atoms with E-state index < -0.39 is 23.1 Å². The fourth-order valence-corrected chi connectivity index (χ4v) is 7.32. The zero-order chi connectivity index (χ0) is 28.2. The molecule has 2 aromatic carbocycles. The predicted octanol–water partition coefficient (Wildman–Crippen LogP) is 5.26. The number of ketones is 1. The minimum atomic E-state index is -4.44.